The van der Waals surface area contributed by atoms with Crippen LogP contribution in [0.5, 0.6) is 0 Å². The van der Waals surface area contributed by atoms with Gasteiger partial charge in [0, 0.05) is 42.3 Å². The second kappa shape index (κ2) is 8.10. The molecule has 7 nitrogen and oxygen atoms in total. The summed E-state index contributed by atoms with van der Waals surface area (Å²) >= 11 is 1.25. The highest BCUT2D eigenvalue weighted by molar-refractivity contribution is 7.94. The molecule has 9 heteroatoms. The molecule has 152 valence electrons. The van der Waals surface area contributed by atoms with Gasteiger partial charge in [-0.05, 0) is 50.4 Å². The molecule has 1 saturated heterocycles. The Hall–Kier alpha value is -2.49. The van der Waals surface area contributed by atoms with Crippen LogP contribution < -0.4 is 9.62 Å². The number of nitrogens with one attached hydrogen (secondary N) is 1. The van der Waals surface area contributed by atoms with Crippen molar-refractivity contribution in [1.29, 1.82) is 0 Å². The quantitative estimate of drug-likeness (QED) is 0.672. The number of aryl methyl sites for hydroxylation is 1. The van der Waals surface area contributed by atoms with Crippen LogP contribution in [0, 0.1) is 6.92 Å². The largest absolute Gasteiger partial charge is 0.353 e. The molecular weight excluding hydrogens is 406 g/mol. The Morgan fingerprint density at radius 2 is 1.66 bits per heavy atom. The third-order valence-electron chi connectivity index (χ3n) is 4.89. The third kappa shape index (κ3) is 4.58. The van der Waals surface area contributed by atoms with Gasteiger partial charge < -0.3 is 9.80 Å². The molecule has 1 aliphatic heterocycles. The van der Waals surface area contributed by atoms with Crippen molar-refractivity contribution in [3.63, 3.8) is 0 Å². The second-order valence-corrected chi connectivity index (χ2v) is 10.3. The minimum atomic E-state index is -3.56. The summed E-state index contributed by atoms with van der Waals surface area (Å²) in [4.78, 5) is 5.49. The predicted molar refractivity (Wildman–Crippen MR) is 117 cm³/mol. The molecule has 1 aliphatic rings. The maximum absolute atomic E-state index is 12.4. The van der Waals surface area contributed by atoms with Crippen LogP contribution in [0.25, 0.3) is 11.3 Å². The van der Waals surface area contributed by atoms with E-state index in [0.717, 1.165) is 48.1 Å². The lowest BCUT2D eigenvalue weighted by atomic mass is 10.1. The number of hydrogen-bond donors (Lipinski definition) is 1. The first kappa shape index (κ1) is 19.8. The van der Waals surface area contributed by atoms with Gasteiger partial charge >= 0.3 is 0 Å². The SMILES string of the molecule is Cc1ccc(S(=O)(=O)Nc2ccc(-c3ccc(N4CCN(C)CC4)nn3)cc2)s1. The fourth-order valence-corrected chi connectivity index (χ4v) is 5.50. The average molecular weight is 430 g/mol. The second-order valence-electron chi connectivity index (χ2n) is 7.12. The minimum absolute atomic E-state index is 0.310. The van der Waals surface area contributed by atoms with E-state index in [9.17, 15) is 8.42 Å². The lowest BCUT2D eigenvalue weighted by Gasteiger charge is -2.32. The van der Waals surface area contributed by atoms with Gasteiger partial charge in [0.2, 0.25) is 0 Å². The van der Waals surface area contributed by atoms with Gasteiger partial charge in [-0.3, -0.25) is 4.72 Å². The molecule has 0 spiro atoms. The van der Waals surface area contributed by atoms with Crippen molar-refractivity contribution >= 4 is 32.9 Å². The maximum atomic E-state index is 12.4. The van der Waals surface area contributed by atoms with E-state index in [2.05, 4.69) is 31.8 Å². The molecule has 0 amide bonds. The van der Waals surface area contributed by atoms with E-state index in [0.29, 0.717) is 9.90 Å². The zero-order valence-corrected chi connectivity index (χ0v) is 18.0. The number of rotatable bonds is 5. The monoisotopic (exact) mass is 429 g/mol. The minimum Gasteiger partial charge on any atom is -0.353 e. The number of thiophene rings is 1. The fraction of sp³-hybridized carbons (Fsp3) is 0.300. The molecule has 0 radical (unpaired) electrons. The molecule has 0 atom stereocenters. The van der Waals surface area contributed by atoms with Crippen LogP contribution in [0.15, 0.2) is 52.7 Å². The highest BCUT2D eigenvalue weighted by Gasteiger charge is 2.17. The van der Waals surface area contributed by atoms with Gasteiger partial charge in [0.05, 0.1) is 5.69 Å². The van der Waals surface area contributed by atoms with Crippen LogP contribution in [-0.2, 0) is 10.0 Å². The highest BCUT2D eigenvalue weighted by Crippen LogP contribution is 2.25. The van der Waals surface area contributed by atoms with Crippen LogP contribution in [-0.4, -0.2) is 56.7 Å². The molecule has 0 unspecified atom stereocenters. The molecular formula is C20H23N5O2S2. The molecule has 1 fully saturated rings. The van der Waals surface area contributed by atoms with Gasteiger partial charge in [-0.1, -0.05) is 12.1 Å². The summed E-state index contributed by atoms with van der Waals surface area (Å²) in [6.45, 7) is 5.82. The zero-order valence-electron chi connectivity index (χ0n) is 16.4. The number of nitrogens with zero attached hydrogens (tertiary/aromatic N) is 4. The van der Waals surface area contributed by atoms with Crippen LogP contribution in [0.1, 0.15) is 4.88 Å². The number of hydrogen-bond acceptors (Lipinski definition) is 7. The maximum Gasteiger partial charge on any atom is 0.271 e. The van der Waals surface area contributed by atoms with E-state index >= 15 is 0 Å². The number of sulfonamides is 1. The van der Waals surface area contributed by atoms with E-state index in [1.54, 1.807) is 24.3 Å². The summed E-state index contributed by atoms with van der Waals surface area (Å²) in [6, 6.07) is 14.5. The van der Waals surface area contributed by atoms with E-state index in [1.807, 2.05) is 31.2 Å². The predicted octanol–water partition coefficient (Wildman–Crippen LogP) is 3.07. The Kier molecular flexibility index (Phi) is 5.53. The molecule has 4 rings (SSSR count). The van der Waals surface area contributed by atoms with E-state index in [1.165, 1.54) is 11.3 Å². The molecule has 2 aromatic heterocycles. The summed E-state index contributed by atoms with van der Waals surface area (Å²) in [5, 5.41) is 8.73. The van der Waals surface area contributed by atoms with Crippen LogP contribution in [0.4, 0.5) is 11.5 Å². The smallest absolute Gasteiger partial charge is 0.271 e. The Balaban J connectivity index is 1.45. The number of aromatic nitrogens is 2. The van der Waals surface area contributed by atoms with Crippen LogP contribution in [0.2, 0.25) is 0 Å². The Morgan fingerprint density at radius 3 is 2.24 bits per heavy atom. The van der Waals surface area contributed by atoms with Gasteiger partial charge in [-0.2, -0.15) is 0 Å². The molecule has 3 aromatic rings. The first-order valence-corrected chi connectivity index (χ1v) is 11.7. The van der Waals surface area contributed by atoms with Crippen molar-refractivity contribution < 1.29 is 8.42 Å². The molecule has 29 heavy (non-hydrogen) atoms. The normalized spacial score (nSPS) is 15.4. The standard InChI is InChI=1S/C20H23N5O2S2/c1-15-3-10-20(28-15)29(26,27)23-17-6-4-16(5-7-17)18-8-9-19(22-21-18)25-13-11-24(2)12-14-25/h3-10,23H,11-14H2,1-2H3. The Labute approximate surface area is 175 Å². The summed E-state index contributed by atoms with van der Waals surface area (Å²) in [5.74, 6) is 0.887. The lowest BCUT2D eigenvalue weighted by molar-refractivity contribution is 0.312. The zero-order chi connectivity index (χ0) is 20.4. The molecule has 1 aromatic carbocycles. The topological polar surface area (TPSA) is 78.4 Å². The average Bonchev–Trinajstić information content (AvgIpc) is 3.17. The molecule has 1 N–H and O–H groups in total. The van der Waals surface area contributed by atoms with Crippen molar-refractivity contribution in [2.45, 2.75) is 11.1 Å². The summed E-state index contributed by atoms with van der Waals surface area (Å²) in [7, 11) is -1.44. The lowest BCUT2D eigenvalue weighted by Crippen LogP contribution is -2.44. The van der Waals surface area contributed by atoms with Crippen molar-refractivity contribution in [2.75, 3.05) is 42.8 Å². The fourth-order valence-electron chi connectivity index (χ4n) is 3.15. The van der Waals surface area contributed by atoms with E-state index in [4.69, 9.17) is 0 Å². The van der Waals surface area contributed by atoms with Gasteiger partial charge in [-0.15, -0.1) is 21.5 Å². The van der Waals surface area contributed by atoms with Gasteiger partial charge in [0.25, 0.3) is 10.0 Å². The summed E-state index contributed by atoms with van der Waals surface area (Å²) < 4.78 is 27.8. The number of likely N-dealkylation sites (N-methyl/N-ethyl adjacent to an activating group) is 1. The van der Waals surface area contributed by atoms with Gasteiger partial charge in [0.1, 0.15) is 4.21 Å². The van der Waals surface area contributed by atoms with Crippen molar-refractivity contribution in [3.05, 3.63) is 53.4 Å². The van der Waals surface area contributed by atoms with Crippen molar-refractivity contribution in [3.8, 4) is 11.3 Å². The molecule has 0 bridgehead atoms. The van der Waals surface area contributed by atoms with Crippen LogP contribution in [0.3, 0.4) is 0 Å². The highest BCUT2D eigenvalue weighted by atomic mass is 32.2. The molecule has 0 aliphatic carbocycles. The first-order valence-electron chi connectivity index (χ1n) is 9.38. The Bertz CT molecular complexity index is 1070. The number of benzene rings is 1. The van der Waals surface area contributed by atoms with Gasteiger partial charge in [-0.25, -0.2) is 8.42 Å². The van der Waals surface area contributed by atoms with Crippen molar-refractivity contribution in [1.82, 2.24) is 15.1 Å². The molecule has 0 saturated carbocycles. The summed E-state index contributed by atoms with van der Waals surface area (Å²) in [6.07, 6.45) is 0. The first-order chi connectivity index (χ1) is 13.9. The third-order valence-corrected chi connectivity index (χ3v) is 7.76. The van der Waals surface area contributed by atoms with E-state index < -0.39 is 10.0 Å². The number of piperazine rings is 1. The van der Waals surface area contributed by atoms with Crippen LogP contribution >= 0.6 is 11.3 Å². The van der Waals surface area contributed by atoms with Gasteiger partial charge in [0.15, 0.2) is 5.82 Å². The number of anilines is 2. The van der Waals surface area contributed by atoms with E-state index in [-0.39, 0.29) is 0 Å². The Morgan fingerprint density at radius 1 is 0.931 bits per heavy atom. The molecule has 3 heterocycles. The summed E-state index contributed by atoms with van der Waals surface area (Å²) in [5.41, 5.74) is 2.16. The van der Waals surface area contributed by atoms with Crippen molar-refractivity contribution in [2.24, 2.45) is 0 Å².